The number of hydrogen-bond acceptors (Lipinski definition) is 7. The molecule has 1 atom stereocenters. The molecule has 196 valence electrons. The lowest BCUT2D eigenvalue weighted by molar-refractivity contribution is -0.140. The third kappa shape index (κ3) is 5.47. The first kappa shape index (κ1) is 25.7. The van der Waals surface area contributed by atoms with Gasteiger partial charge in [-0.1, -0.05) is 35.9 Å². The second-order valence-electron chi connectivity index (χ2n) is 9.12. The maximum atomic E-state index is 13.3. The number of carbonyl (C=O) groups is 2. The number of aliphatic hydroxyl groups excluding tert-OH is 1. The standard InChI is InChI=1S/C27H27ClN6O4/c28-18-5-3-4-17(14-18)20-15-29-34-13-10-22(31-25(20)34)26(36)32-21-6-1-2-7-24(21)33-11-8-19(9-12-33)30-23(16-35)27(37)38/h1-7,10,13-15,19,23,30,35H,8-9,11-12,16H2,(H,32,36)(H,37,38)/t23-/m0/s1. The Morgan fingerprint density at radius 3 is 2.63 bits per heavy atom. The van der Waals surface area contributed by atoms with Gasteiger partial charge in [-0.3, -0.25) is 14.9 Å². The number of amides is 1. The summed E-state index contributed by atoms with van der Waals surface area (Å²) in [5.41, 5.74) is 3.96. The van der Waals surface area contributed by atoms with Crippen LogP contribution in [-0.2, 0) is 4.79 Å². The summed E-state index contributed by atoms with van der Waals surface area (Å²) in [5.74, 6) is -1.41. The number of nitrogens with zero attached hydrogens (tertiary/aromatic N) is 4. The number of carboxylic acid groups (broad SMARTS) is 1. The van der Waals surface area contributed by atoms with Crippen LogP contribution in [0.3, 0.4) is 0 Å². The number of nitrogens with one attached hydrogen (secondary N) is 2. The molecule has 0 spiro atoms. The molecule has 2 aromatic heterocycles. The van der Waals surface area contributed by atoms with Crippen LogP contribution in [0.15, 0.2) is 67.0 Å². The summed E-state index contributed by atoms with van der Waals surface area (Å²) >= 11 is 6.16. The summed E-state index contributed by atoms with van der Waals surface area (Å²) in [6.45, 7) is 0.890. The van der Waals surface area contributed by atoms with Gasteiger partial charge in [-0.2, -0.15) is 5.10 Å². The zero-order valence-electron chi connectivity index (χ0n) is 20.4. The Morgan fingerprint density at radius 1 is 1.11 bits per heavy atom. The molecule has 3 heterocycles. The number of hydrogen-bond donors (Lipinski definition) is 4. The fourth-order valence-corrected chi connectivity index (χ4v) is 4.86. The number of aliphatic carboxylic acids is 1. The summed E-state index contributed by atoms with van der Waals surface area (Å²) in [5, 5.41) is 29.4. The van der Waals surface area contributed by atoms with Crippen molar-refractivity contribution in [2.24, 2.45) is 0 Å². The van der Waals surface area contributed by atoms with E-state index >= 15 is 0 Å². The van der Waals surface area contributed by atoms with Crippen LogP contribution in [0.25, 0.3) is 16.8 Å². The molecule has 0 radical (unpaired) electrons. The molecule has 0 unspecified atom stereocenters. The van der Waals surface area contributed by atoms with Crippen molar-refractivity contribution in [3.63, 3.8) is 0 Å². The van der Waals surface area contributed by atoms with E-state index in [4.69, 9.17) is 11.6 Å². The van der Waals surface area contributed by atoms with Gasteiger partial charge in [-0.25, -0.2) is 9.50 Å². The number of benzene rings is 2. The van der Waals surface area contributed by atoms with Crippen LogP contribution in [0.4, 0.5) is 11.4 Å². The fourth-order valence-electron chi connectivity index (χ4n) is 4.67. The van der Waals surface area contributed by atoms with Crippen molar-refractivity contribution in [3.05, 3.63) is 77.7 Å². The molecule has 1 fully saturated rings. The van der Waals surface area contributed by atoms with E-state index in [1.54, 1.807) is 29.0 Å². The Balaban J connectivity index is 1.31. The molecule has 10 nitrogen and oxygen atoms in total. The molecule has 1 aliphatic rings. The highest BCUT2D eigenvalue weighted by molar-refractivity contribution is 6.30. The zero-order valence-corrected chi connectivity index (χ0v) is 21.2. The van der Waals surface area contributed by atoms with E-state index in [0.717, 1.165) is 16.8 Å². The molecule has 1 amide bonds. The Morgan fingerprint density at radius 2 is 1.89 bits per heavy atom. The lowest BCUT2D eigenvalue weighted by Gasteiger charge is -2.35. The highest BCUT2D eigenvalue weighted by atomic mass is 35.5. The maximum absolute atomic E-state index is 13.3. The normalized spacial score (nSPS) is 14.9. The summed E-state index contributed by atoms with van der Waals surface area (Å²) in [7, 11) is 0. The van der Waals surface area contributed by atoms with Crippen LogP contribution >= 0.6 is 11.6 Å². The molecule has 2 aromatic carbocycles. The van der Waals surface area contributed by atoms with Crippen LogP contribution in [0, 0.1) is 0 Å². The van der Waals surface area contributed by atoms with Gasteiger partial charge in [-0.15, -0.1) is 0 Å². The SMILES string of the molecule is O=C(Nc1ccccc1N1CCC(N[C@@H](CO)C(=O)O)CC1)c1ccn2ncc(-c3cccc(Cl)c3)c2n1. The van der Waals surface area contributed by atoms with Crippen molar-refractivity contribution >= 4 is 40.5 Å². The first-order valence-electron chi connectivity index (χ1n) is 12.3. The molecule has 0 aliphatic carbocycles. The van der Waals surface area contributed by atoms with E-state index in [0.29, 0.717) is 42.3 Å². The molecule has 1 aliphatic heterocycles. The molecular weight excluding hydrogens is 508 g/mol. The zero-order chi connectivity index (χ0) is 26.6. The Hall–Kier alpha value is -3.99. The van der Waals surface area contributed by atoms with Gasteiger partial charge in [0.15, 0.2) is 5.65 Å². The number of aromatic nitrogens is 3. The number of fused-ring (bicyclic) bond motifs is 1. The minimum Gasteiger partial charge on any atom is -0.480 e. The molecule has 4 N–H and O–H groups in total. The predicted molar refractivity (Wildman–Crippen MR) is 145 cm³/mol. The minimum absolute atomic E-state index is 0.0125. The van der Waals surface area contributed by atoms with Gasteiger partial charge < -0.3 is 20.4 Å². The third-order valence-corrected chi connectivity index (χ3v) is 6.88. The van der Waals surface area contributed by atoms with Crippen LogP contribution < -0.4 is 15.5 Å². The van der Waals surface area contributed by atoms with Crippen molar-refractivity contribution in [2.45, 2.75) is 24.9 Å². The van der Waals surface area contributed by atoms with Crippen LogP contribution in [0.1, 0.15) is 23.3 Å². The van der Waals surface area contributed by atoms with E-state index in [1.807, 2.05) is 42.5 Å². The number of anilines is 2. The average molecular weight is 535 g/mol. The average Bonchev–Trinajstić information content (AvgIpc) is 3.36. The van der Waals surface area contributed by atoms with Crippen LogP contribution in [-0.4, -0.2) is 68.5 Å². The smallest absolute Gasteiger partial charge is 0.323 e. The van der Waals surface area contributed by atoms with E-state index in [9.17, 15) is 19.8 Å². The second-order valence-corrected chi connectivity index (χ2v) is 9.56. The first-order chi connectivity index (χ1) is 18.4. The van der Waals surface area contributed by atoms with Crippen molar-refractivity contribution in [3.8, 4) is 11.1 Å². The van der Waals surface area contributed by atoms with Crippen molar-refractivity contribution < 1.29 is 19.8 Å². The molecular formula is C27H27ClN6O4. The van der Waals surface area contributed by atoms with Gasteiger partial charge in [0.2, 0.25) is 0 Å². The summed E-state index contributed by atoms with van der Waals surface area (Å²) in [6.07, 6.45) is 4.81. The molecule has 4 aromatic rings. The summed E-state index contributed by atoms with van der Waals surface area (Å²) in [6, 6.07) is 15.6. The number of piperidine rings is 1. The number of para-hydroxylation sites is 2. The van der Waals surface area contributed by atoms with Gasteiger partial charge in [0.25, 0.3) is 5.91 Å². The van der Waals surface area contributed by atoms with E-state index in [-0.39, 0.29) is 17.6 Å². The van der Waals surface area contributed by atoms with Gasteiger partial charge >= 0.3 is 5.97 Å². The number of rotatable bonds is 8. The first-order valence-corrected chi connectivity index (χ1v) is 12.7. The monoisotopic (exact) mass is 534 g/mol. The van der Waals surface area contributed by atoms with Gasteiger partial charge in [0.05, 0.1) is 24.2 Å². The topological polar surface area (TPSA) is 132 Å². The second kappa shape index (κ2) is 11.2. The summed E-state index contributed by atoms with van der Waals surface area (Å²) < 4.78 is 1.62. The Bertz CT molecular complexity index is 1470. The lowest BCUT2D eigenvalue weighted by atomic mass is 10.0. The highest BCUT2D eigenvalue weighted by Crippen LogP contribution is 2.29. The molecule has 0 bridgehead atoms. The number of aliphatic hydroxyl groups is 1. The van der Waals surface area contributed by atoms with Crippen molar-refractivity contribution in [2.75, 3.05) is 29.9 Å². The predicted octanol–water partition coefficient (Wildman–Crippen LogP) is 3.31. The molecule has 38 heavy (non-hydrogen) atoms. The number of carboxylic acids is 1. The van der Waals surface area contributed by atoms with Crippen LogP contribution in [0.2, 0.25) is 5.02 Å². The lowest BCUT2D eigenvalue weighted by Crippen LogP contribution is -2.50. The maximum Gasteiger partial charge on any atom is 0.323 e. The molecule has 11 heteroatoms. The minimum atomic E-state index is -1.06. The fraction of sp³-hybridized carbons (Fsp3) is 0.259. The van der Waals surface area contributed by atoms with Gasteiger partial charge in [-0.05, 0) is 48.7 Å². The van der Waals surface area contributed by atoms with E-state index in [1.165, 1.54) is 0 Å². The number of carbonyl (C=O) groups excluding carboxylic acids is 1. The Labute approximate surface area is 223 Å². The molecule has 0 saturated carbocycles. The Kier molecular flexibility index (Phi) is 7.54. The van der Waals surface area contributed by atoms with E-state index < -0.39 is 18.6 Å². The largest absolute Gasteiger partial charge is 0.480 e. The summed E-state index contributed by atoms with van der Waals surface area (Å²) in [4.78, 5) is 31.2. The third-order valence-electron chi connectivity index (χ3n) is 6.64. The van der Waals surface area contributed by atoms with Crippen molar-refractivity contribution in [1.82, 2.24) is 19.9 Å². The van der Waals surface area contributed by atoms with Crippen molar-refractivity contribution in [1.29, 1.82) is 0 Å². The van der Waals surface area contributed by atoms with Crippen LogP contribution in [0.5, 0.6) is 0 Å². The quantitative estimate of drug-likeness (QED) is 0.271. The van der Waals surface area contributed by atoms with Gasteiger partial charge in [0, 0.05) is 35.9 Å². The number of halogens is 1. The van der Waals surface area contributed by atoms with Gasteiger partial charge in [0.1, 0.15) is 11.7 Å². The van der Waals surface area contributed by atoms with E-state index in [2.05, 4.69) is 25.6 Å². The molecule has 1 saturated heterocycles. The highest BCUT2D eigenvalue weighted by Gasteiger charge is 2.26. The molecule has 5 rings (SSSR count).